The number of nitrogens with one attached hydrogen (secondary N) is 1. The molecule has 10 heteroatoms. The third-order valence-electron chi connectivity index (χ3n) is 4.31. The predicted molar refractivity (Wildman–Crippen MR) is 88.0 cm³/mol. The lowest BCUT2D eigenvalue weighted by atomic mass is 9.95. The minimum absolute atomic E-state index is 0.142. The Morgan fingerprint density at radius 2 is 2.12 bits per heavy atom. The minimum Gasteiger partial charge on any atom is -0.497 e. The van der Waals surface area contributed by atoms with Crippen molar-refractivity contribution < 1.29 is 28.8 Å². The van der Waals surface area contributed by atoms with Gasteiger partial charge in [0.2, 0.25) is 5.91 Å². The van der Waals surface area contributed by atoms with Crippen LogP contribution < -0.4 is 10.1 Å². The number of aliphatic hydroxyl groups excluding tert-OH is 1. The first-order chi connectivity index (χ1) is 12.5. The first kappa shape index (κ1) is 18.4. The summed E-state index contributed by atoms with van der Waals surface area (Å²) in [5, 5.41) is 16.7. The lowest BCUT2D eigenvalue weighted by Crippen LogP contribution is -2.65. The van der Waals surface area contributed by atoms with E-state index in [2.05, 4.69) is 15.3 Å². The number of ether oxygens (including phenoxy) is 4. The summed E-state index contributed by atoms with van der Waals surface area (Å²) in [6.45, 7) is 1.44. The SMILES string of the molecule is COc1ccc(C2OC[C@H]3O[C@@H](N=[N+]=[N-])[C@H](NC(C)=O)[C@@H](O)[C@@H]3O2)cc1. The lowest BCUT2D eigenvalue weighted by Gasteiger charge is -2.47. The molecule has 6 atom stereocenters. The van der Waals surface area contributed by atoms with Gasteiger partial charge in [0, 0.05) is 17.4 Å². The monoisotopic (exact) mass is 364 g/mol. The number of rotatable bonds is 4. The Labute approximate surface area is 149 Å². The predicted octanol–water partition coefficient (Wildman–Crippen LogP) is 1.01. The van der Waals surface area contributed by atoms with Crippen LogP contribution in [0.1, 0.15) is 18.8 Å². The van der Waals surface area contributed by atoms with Crippen LogP contribution in [0, 0.1) is 0 Å². The van der Waals surface area contributed by atoms with Crippen LogP contribution in [0.25, 0.3) is 10.4 Å². The van der Waals surface area contributed by atoms with Crippen molar-refractivity contribution in [2.24, 2.45) is 5.11 Å². The Hall–Kier alpha value is -2.36. The van der Waals surface area contributed by atoms with Crippen molar-refractivity contribution in [3.8, 4) is 5.75 Å². The van der Waals surface area contributed by atoms with E-state index in [1.165, 1.54) is 6.92 Å². The summed E-state index contributed by atoms with van der Waals surface area (Å²) in [5.74, 6) is 0.319. The van der Waals surface area contributed by atoms with Gasteiger partial charge < -0.3 is 29.4 Å². The van der Waals surface area contributed by atoms with E-state index < -0.39 is 36.9 Å². The van der Waals surface area contributed by atoms with E-state index in [1.807, 2.05) is 0 Å². The highest BCUT2D eigenvalue weighted by Gasteiger charge is 2.49. The first-order valence-electron chi connectivity index (χ1n) is 8.09. The second kappa shape index (κ2) is 7.90. The molecule has 1 amide bonds. The zero-order valence-electron chi connectivity index (χ0n) is 14.3. The number of nitrogens with zero attached hydrogens (tertiary/aromatic N) is 3. The van der Waals surface area contributed by atoms with Crippen molar-refractivity contribution in [2.45, 2.75) is 43.8 Å². The maximum Gasteiger partial charge on any atom is 0.217 e. The molecule has 2 aliphatic rings. The summed E-state index contributed by atoms with van der Waals surface area (Å²) in [7, 11) is 1.57. The number of carbonyl (C=O) groups excluding carboxylic acids is 1. The average molecular weight is 364 g/mol. The highest BCUT2D eigenvalue weighted by Crippen LogP contribution is 2.34. The average Bonchev–Trinajstić information content (AvgIpc) is 2.65. The van der Waals surface area contributed by atoms with E-state index in [1.54, 1.807) is 31.4 Å². The zero-order valence-corrected chi connectivity index (χ0v) is 14.3. The molecule has 1 aromatic rings. The summed E-state index contributed by atoms with van der Waals surface area (Å²) < 4.78 is 22.3. The second-order valence-corrected chi connectivity index (χ2v) is 6.03. The molecule has 2 N–H and O–H groups in total. The molecular formula is C16H20N4O6. The molecule has 0 saturated carbocycles. The van der Waals surface area contributed by atoms with Crippen LogP contribution in [0.4, 0.5) is 0 Å². The summed E-state index contributed by atoms with van der Waals surface area (Å²) in [4.78, 5) is 14.1. The van der Waals surface area contributed by atoms with E-state index in [4.69, 9.17) is 24.5 Å². The van der Waals surface area contributed by atoms with Crippen LogP contribution in [-0.2, 0) is 19.0 Å². The number of carbonyl (C=O) groups is 1. The Kier molecular flexibility index (Phi) is 5.60. The van der Waals surface area contributed by atoms with Gasteiger partial charge in [0.1, 0.15) is 24.1 Å². The standard InChI is InChI=1S/C16H20N4O6/c1-8(21)18-12-13(22)14-11(25-15(12)19-20-17)7-24-16(26-14)9-3-5-10(23-2)6-4-9/h3-6,11-16,22H,7H2,1-2H3,(H,18,21)/t11-,12-,13-,14-,15-,16?/m1/s1. The van der Waals surface area contributed by atoms with Crippen molar-refractivity contribution in [3.63, 3.8) is 0 Å². The summed E-state index contributed by atoms with van der Waals surface area (Å²) in [6.07, 6.45) is -4.25. The number of azide groups is 1. The van der Waals surface area contributed by atoms with Gasteiger partial charge in [-0.2, -0.15) is 0 Å². The number of methoxy groups -OCH3 is 1. The van der Waals surface area contributed by atoms with E-state index >= 15 is 0 Å². The Morgan fingerprint density at radius 1 is 1.38 bits per heavy atom. The highest BCUT2D eigenvalue weighted by atomic mass is 16.7. The van der Waals surface area contributed by atoms with Crippen molar-refractivity contribution >= 4 is 5.91 Å². The second-order valence-electron chi connectivity index (χ2n) is 6.03. The fourth-order valence-electron chi connectivity index (χ4n) is 3.08. The normalized spacial score (nSPS) is 33.5. The van der Waals surface area contributed by atoms with Gasteiger partial charge >= 0.3 is 0 Å². The van der Waals surface area contributed by atoms with Gasteiger partial charge in [-0.15, -0.1) is 0 Å². The topological polar surface area (TPSA) is 135 Å². The highest BCUT2D eigenvalue weighted by molar-refractivity contribution is 5.73. The zero-order chi connectivity index (χ0) is 18.7. The van der Waals surface area contributed by atoms with Gasteiger partial charge in [0.05, 0.1) is 19.8 Å². The number of amides is 1. The number of aliphatic hydroxyl groups is 1. The molecule has 0 spiro atoms. The molecule has 1 aromatic carbocycles. The maximum atomic E-state index is 11.4. The van der Waals surface area contributed by atoms with Gasteiger partial charge in [0.25, 0.3) is 0 Å². The molecule has 3 rings (SSSR count). The van der Waals surface area contributed by atoms with Gasteiger partial charge in [-0.25, -0.2) is 0 Å². The number of hydrogen-bond donors (Lipinski definition) is 2. The first-order valence-corrected chi connectivity index (χ1v) is 8.09. The molecule has 0 bridgehead atoms. The summed E-state index contributed by atoms with van der Waals surface area (Å²) in [5.41, 5.74) is 9.45. The van der Waals surface area contributed by atoms with Crippen LogP contribution >= 0.6 is 0 Å². The molecule has 0 radical (unpaired) electrons. The number of hydrogen-bond acceptors (Lipinski definition) is 7. The smallest absolute Gasteiger partial charge is 0.217 e. The third-order valence-corrected chi connectivity index (χ3v) is 4.31. The Balaban J connectivity index is 1.77. The Bertz CT molecular complexity index is 692. The molecule has 2 fully saturated rings. The molecule has 2 aliphatic heterocycles. The molecule has 2 saturated heterocycles. The van der Waals surface area contributed by atoms with Gasteiger partial charge in [-0.05, 0) is 17.7 Å². The summed E-state index contributed by atoms with van der Waals surface area (Å²) in [6, 6.07) is 6.24. The van der Waals surface area contributed by atoms with Crippen LogP contribution in [0.2, 0.25) is 0 Å². The molecule has 140 valence electrons. The molecule has 0 aliphatic carbocycles. The van der Waals surface area contributed by atoms with Crippen LogP contribution in [0.3, 0.4) is 0 Å². The van der Waals surface area contributed by atoms with Gasteiger partial charge in [0.15, 0.2) is 12.5 Å². The number of benzene rings is 1. The van der Waals surface area contributed by atoms with E-state index in [9.17, 15) is 9.90 Å². The minimum atomic E-state index is -1.13. The molecule has 0 aromatic heterocycles. The quantitative estimate of drug-likeness (QED) is 0.465. The molecule has 2 heterocycles. The largest absolute Gasteiger partial charge is 0.497 e. The molecule has 26 heavy (non-hydrogen) atoms. The maximum absolute atomic E-state index is 11.4. The van der Waals surface area contributed by atoms with Crippen molar-refractivity contribution in [1.82, 2.24) is 5.32 Å². The fraction of sp³-hybridized carbons (Fsp3) is 0.562. The number of fused-ring (bicyclic) bond motifs is 1. The van der Waals surface area contributed by atoms with E-state index in [-0.39, 0.29) is 12.5 Å². The van der Waals surface area contributed by atoms with Crippen molar-refractivity contribution in [3.05, 3.63) is 40.3 Å². The summed E-state index contributed by atoms with van der Waals surface area (Å²) >= 11 is 0. The van der Waals surface area contributed by atoms with Crippen molar-refractivity contribution in [1.29, 1.82) is 0 Å². The third kappa shape index (κ3) is 3.74. The van der Waals surface area contributed by atoms with E-state index in [0.717, 1.165) is 5.56 Å². The Morgan fingerprint density at radius 3 is 2.73 bits per heavy atom. The van der Waals surface area contributed by atoms with Gasteiger partial charge in [-0.3, -0.25) is 4.79 Å². The molecule has 10 nitrogen and oxygen atoms in total. The van der Waals surface area contributed by atoms with Gasteiger partial charge in [-0.1, -0.05) is 17.2 Å². The molecular weight excluding hydrogens is 344 g/mol. The van der Waals surface area contributed by atoms with Crippen molar-refractivity contribution in [2.75, 3.05) is 13.7 Å². The van der Waals surface area contributed by atoms with Crippen LogP contribution in [0.5, 0.6) is 5.75 Å². The van der Waals surface area contributed by atoms with Crippen LogP contribution in [-0.4, -0.2) is 55.3 Å². The van der Waals surface area contributed by atoms with Crippen LogP contribution in [0.15, 0.2) is 29.4 Å². The lowest BCUT2D eigenvalue weighted by molar-refractivity contribution is -0.314. The van der Waals surface area contributed by atoms with E-state index in [0.29, 0.717) is 5.75 Å². The fourth-order valence-corrected chi connectivity index (χ4v) is 3.08. The molecule has 1 unspecified atom stereocenters.